The lowest BCUT2D eigenvalue weighted by molar-refractivity contribution is 0.0512. The first-order valence-electron chi connectivity index (χ1n) is 7.94. The van der Waals surface area contributed by atoms with Crippen LogP contribution in [0.3, 0.4) is 0 Å². The van der Waals surface area contributed by atoms with Crippen LogP contribution >= 0.6 is 11.6 Å². The highest BCUT2D eigenvalue weighted by Crippen LogP contribution is 2.39. The van der Waals surface area contributed by atoms with Crippen LogP contribution < -0.4 is 4.74 Å². The van der Waals surface area contributed by atoms with Crippen molar-refractivity contribution in [3.63, 3.8) is 0 Å². The Bertz CT molecular complexity index is 739. The molecule has 1 saturated heterocycles. The van der Waals surface area contributed by atoms with Gasteiger partial charge in [-0.3, -0.25) is 0 Å². The van der Waals surface area contributed by atoms with Gasteiger partial charge in [0, 0.05) is 10.9 Å². The average Bonchev–Trinajstić information content (AvgIpc) is 2.85. The van der Waals surface area contributed by atoms with Crippen LogP contribution in [-0.4, -0.2) is 18.3 Å². The summed E-state index contributed by atoms with van der Waals surface area (Å²) in [6, 6.07) is 13.7. The Balaban J connectivity index is 1.85. The smallest absolute Gasteiger partial charge is 0.150 e. The number of rotatable bonds is 4. The van der Waals surface area contributed by atoms with Gasteiger partial charge < -0.3 is 14.6 Å². The molecule has 0 aliphatic carbocycles. The predicted molar refractivity (Wildman–Crippen MR) is 95.4 cm³/mol. The molecule has 2 aromatic carbocycles. The molecular weight excluding hydrogens is 324 g/mol. The fourth-order valence-electron chi connectivity index (χ4n) is 2.93. The standard InChI is InChI=1S/C20H21ClO3/c1-12-13(2)24-20(19(12)22)15-6-9-18(21)16(11-15)10-14-4-7-17(23-3)8-5-14/h4-9,11-12,19-20,22H,2,10H2,1,3H3. The van der Waals surface area contributed by atoms with Gasteiger partial charge >= 0.3 is 0 Å². The monoisotopic (exact) mass is 344 g/mol. The molecule has 1 aliphatic rings. The zero-order chi connectivity index (χ0) is 17.3. The summed E-state index contributed by atoms with van der Waals surface area (Å²) in [5.74, 6) is 1.38. The summed E-state index contributed by atoms with van der Waals surface area (Å²) in [6.45, 7) is 5.78. The van der Waals surface area contributed by atoms with E-state index in [1.807, 2.05) is 49.4 Å². The van der Waals surface area contributed by atoms with E-state index in [4.69, 9.17) is 21.1 Å². The van der Waals surface area contributed by atoms with Gasteiger partial charge in [0.1, 0.15) is 18.0 Å². The average molecular weight is 345 g/mol. The summed E-state index contributed by atoms with van der Waals surface area (Å²) < 4.78 is 10.9. The maximum atomic E-state index is 10.4. The van der Waals surface area contributed by atoms with E-state index < -0.39 is 6.10 Å². The first-order valence-corrected chi connectivity index (χ1v) is 8.32. The predicted octanol–water partition coefficient (Wildman–Crippen LogP) is 4.52. The lowest BCUT2D eigenvalue weighted by atomic mass is 9.95. The first kappa shape index (κ1) is 16.9. The first-order chi connectivity index (χ1) is 11.5. The fourth-order valence-corrected chi connectivity index (χ4v) is 3.11. The van der Waals surface area contributed by atoms with E-state index in [-0.39, 0.29) is 12.0 Å². The Morgan fingerprint density at radius 2 is 1.92 bits per heavy atom. The normalized spacial score (nSPS) is 23.2. The number of hydrogen-bond acceptors (Lipinski definition) is 3. The van der Waals surface area contributed by atoms with Crippen molar-refractivity contribution < 1.29 is 14.6 Å². The molecule has 1 fully saturated rings. The molecule has 0 bridgehead atoms. The van der Waals surface area contributed by atoms with Gasteiger partial charge in [0.2, 0.25) is 0 Å². The van der Waals surface area contributed by atoms with E-state index in [0.29, 0.717) is 17.2 Å². The summed E-state index contributed by atoms with van der Waals surface area (Å²) in [4.78, 5) is 0. The van der Waals surface area contributed by atoms with Crippen LogP contribution in [0.15, 0.2) is 54.8 Å². The molecule has 0 spiro atoms. The molecule has 0 saturated carbocycles. The summed E-state index contributed by atoms with van der Waals surface area (Å²) in [7, 11) is 1.65. The second kappa shape index (κ2) is 6.88. The molecule has 1 heterocycles. The van der Waals surface area contributed by atoms with Gasteiger partial charge in [-0.2, -0.15) is 0 Å². The maximum Gasteiger partial charge on any atom is 0.150 e. The molecule has 3 unspecified atom stereocenters. The fraction of sp³-hybridized carbons (Fsp3) is 0.300. The minimum atomic E-state index is -0.590. The molecule has 0 radical (unpaired) electrons. The number of halogens is 1. The third-order valence-corrected chi connectivity index (χ3v) is 4.93. The van der Waals surface area contributed by atoms with Crippen molar-refractivity contribution in [3.8, 4) is 5.75 Å². The van der Waals surface area contributed by atoms with Gasteiger partial charge in [-0.1, -0.05) is 49.4 Å². The van der Waals surface area contributed by atoms with Crippen molar-refractivity contribution in [1.82, 2.24) is 0 Å². The SMILES string of the molecule is C=C1OC(c2ccc(Cl)c(Cc3ccc(OC)cc3)c2)C(O)C1C. The van der Waals surface area contributed by atoms with Crippen LogP contribution in [0.1, 0.15) is 29.7 Å². The zero-order valence-electron chi connectivity index (χ0n) is 13.8. The third kappa shape index (κ3) is 3.28. The quantitative estimate of drug-likeness (QED) is 0.886. The van der Waals surface area contributed by atoms with Crippen LogP contribution in [0, 0.1) is 5.92 Å². The van der Waals surface area contributed by atoms with Gasteiger partial charge in [-0.05, 0) is 41.3 Å². The molecule has 3 rings (SSSR count). The highest BCUT2D eigenvalue weighted by molar-refractivity contribution is 6.31. The van der Waals surface area contributed by atoms with Crippen molar-refractivity contribution in [2.45, 2.75) is 25.6 Å². The van der Waals surface area contributed by atoms with Gasteiger partial charge in [0.05, 0.1) is 12.9 Å². The number of methoxy groups -OCH3 is 1. The van der Waals surface area contributed by atoms with E-state index in [1.54, 1.807) is 7.11 Å². The van der Waals surface area contributed by atoms with Gasteiger partial charge in [-0.15, -0.1) is 0 Å². The summed E-state index contributed by atoms with van der Waals surface area (Å²) in [5.41, 5.74) is 3.06. The molecule has 0 amide bonds. The molecule has 1 N–H and O–H groups in total. The van der Waals surface area contributed by atoms with Crippen LogP contribution in [0.5, 0.6) is 5.75 Å². The second-order valence-electron chi connectivity index (χ2n) is 6.16. The van der Waals surface area contributed by atoms with Crippen LogP contribution in [0.4, 0.5) is 0 Å². The minimum Gasteiger partial charge on any atom is -0.497 e. The van der Waals surface area contributed by atoms with E-state index in [1.165, 1.54) is 0 Å². The number of hydrogen-bond donors (Lipinski definition) is 1. The molecule has 1 aliphatic heterocycles. The zero-order valence-corrected chi connectivity index (χ0v) is 14.6. The highest BCUT2D eigenvalue weighted by Gasteiger charge is 2.37. The molecule has 4 heteroatoms. The van der Waals surface area contributed by atoms with Crippen molar-refractivity contribution in [1.29, 1.82) is 0 Å². The minimum absolute atomic E-state index is 0.0734. The number of aliphatic hydroxyl groups excluding tert-OH is 1. The van der Waals surface area contributed by atoms with Crippen molar-refractivity contribution >= 4 is 11.6 Å². The highest BCUT2D eigenvalue weighted by atomic mass is 35.5. The number of ether oxygens (including phenoxy) is 2. The Morgan fingerprint density at radius 3 is 2.50 bits per heavy atom. The van der Waals surface area contributed by atoms with E-state index in [2.05, 4.69) is 6.58 Å². The molecule has 3 nitrogen and oxygen atoms in total. The van der Waals surface area contributed by atoms with Gasteiger partial charge in [-0.25, -0.2) is 0 Å². The van der Waals surface area contributed by atoms with E-state index in [0.717, 1.165) is 22.4 Å². The Kier molecular flexibility index (Phi) is 4.83. The third-order valence-electron chi connectivity index (χ3n) is 4.56. The van der Waals surface area contributed by atoms with Crippen LogP contribution in [-0.2, 0) is 11.2 Å². The molecule has 24 heavy (non-hydrogen) atoms. The largest absolute Gasteiger partial charge is 0.497 e. The van der Waals surface area contributed by atoms with Crippen molar-refractivity contribution in [2.24, 2.45) is 5.92 Å². The second-order valence-corrected chi connectivity index (χ2v) is 6.57. The molecule has 3 atom stereocenters. The van der Waals surface area contributed by atoms with Gasteiger partial charge in [0.15, 0.2) is 0 Å². The summed E-state index contributed by atoms with van der Waals surface area (Å²) in [6.07, 6.45) is -0.275. The molecule has 2 aromatic rings. The topological polar surface area (TPSA) is 38.7 Å². The Labute approximate surface area is 147 Å². The molecular formula is C20H21ClO3. The Hall–Kier alpha value is -1.97. The van der Waals surface area contributed by atoms with Crippen molar-refractivity contribution in [2.75, 3.05) is 7.11 Å². The lowest BCUT2D eigenvalue weighted by Crippen LogP contribution is -2.18. The van der Waals surface area contributed by atoms with E-state index >= 15 is 0 Å². The molecule has 0 aromatic heterocycles. The maximum absolute atomic E-state index is 10.4. The molecule has 126 valence electrons. The summed E-state index contributed by atoms with van der Waals surface area (Å²) in [5, 5.41) is 11.1. The Morgan fingerprint density at radius 1 is 1.21 bits per heavy atom. The summed E-state index contributed by atoms with van der Waals surface area (Å²) >= 11 is 6.36. The number of benzene rings is 2. The van der Waals surface area contributed by atoms with Crippen LogP contribution in [0.25, 0.3) is 0 Å². The lowest BCUT2D eigenvalue weighted by Gasteiger charge is -2.17. The number of aliphatic hydroxyl groups is 1. The van der Waals surface area contributed by atoms with Gasteiger partial charge in [0.25, 0.3) is 0 Å². The van der Waals surface area contributed by atoms with E-state index in [9.17, 15) is 5.11 Å². The van der Waals surface area contributed by atoms with Crippen molar-refractivity contribution in [3.05, 3.63) is 76.5 Å². The van der Waals surface area contributed by atoms with Crippen LogP contribution in [0.2, 0.25) is 5.02 Å².